The molecule has 0 bridgehead atoms. The summed E-state index contributed by atoms with van der Waals surface area (Å²) < 4.78 is 5.45. The van der Waals surface area contributed by atoms with Crippen LogP contribution < -0.4 is 0 Å². The lowest BCUT2D eigenvalue weighted by molar-refractivity contribution is 0.198. The molecule has 0 N–H and O–H groups in total. The lowest BCUT2D eigenvalue weighted by atomic mass is 10.2. The molecule has 0 aliphatic heterocycles. The van der Waals surface area contributed by atoms with Crippen molar-refractivity contribution in [1.29, 1.82) is 0 Å². The predicted octanol–water partition coefficient (Wildman–Crippen LogP) is 3.41. The monoisotopic (exact) mass is 226 g/mol. The van der Waals surface area contributed by atoms with Gasteiger partial charge in [0.2, 0.25) is 0 Å². The Balaban J connectivity index is 1.66. The zero-order valence-electron chi connectivity index (χ0n) is 10.3. The van der Waals surface area contributed by atoms with Crippen molar-refractivity contribution in [3.63, 3.8) is 0 Å². The van der Waals surface area contributed by atoms with Crippen molar-refractivity contribution in [1.82, 2.24) is 0 Å². The third-order valence-electron chi connectivity index (χ3n) is 2.93. The van der Waals surface area contributed by atoms with Gasteiger partial charge in [0.15, 0.2) is 0 Å². The van der Waals surface area contributed by atoms with Crippen molar-refractivity contribution in [2.75, 3.05) is 13.2 Å². The minimum atomic E-state index is 0.503. The van der Waals surface area contributed by atoms with Crippen LogP contribution in [0.25, 0.3) is 0 Å². The maximum absolute atomic E-state index is 5.45. The molecule has 0 amide bonds. The summed E-state index contributed by atoms with van der Waals surface area (Å²) in [7, 11) is 0. The summed E-state index contributed by atoms with van der Waals surface area (Å²) in [6.07, 6.45) is 4.90. The molecule has 0 aromatic heterocycles. The smallest absolute Gasteiger partial charge is 0.108 e. The molecule has 0 atom stereocenters. The molecule has 1 saturated carbocycles. The van der Waals surface area contributed by atoms with E-state index in [0.29, 0.717) is 13.2 Å². The van der Waals surface area contributed by atoms with E-state index in [4.69, 9.17) is 4.74 Å². The molecule has 0 unspecified atom stereocenters. The van der Waals surface area contributed by atoms with Crippen LogP contribution in [0.4, 0.5) is 0 Å². The van der Waals surface area contributed by atoms with Crippen molar-refractivity contribution >= 4 is 0 Å². The molecule has 17 heavy (non-hydrogen) atoms. The van der Waals surface area contributed by atoms with Gasteiger partial charge >= 0.3 is 0 Å². The second-order valence-electron chi connectivity index (χ2n) is 4.41. The summed E-state index contributed by atoms with van der Waals surface area (Å²) in [5.74, 6) is 6.93. The van der Waals surface area contributed by atoms with Gasteiger partial charge in [0.1, 0.15) is 6.61 Å². The number of rotatable bonds is 4. The van der Waals surface area contributed by atoms with E-state index in [2.05, 4.69) is 24.8 Å². The van der Waals surface area contributed by atoms with Crippen LogP contribution in [0.1, 0.15) is 25.3 Å². The average Bonchev–Trinajstić information content (AvgIpc) is 3.19. The van der Waals surface area contributed by atoms with E-state index >= 15 is 0 Å². The maximum Gasteiger partial charge on any atom is 0.108 e. The second-order valence-corrected chi connectivity index (χ2v) is 4.41. The summed E-state index contributed by atoms with van der Waals surface area (Å²) in [5.41, 5.74) is 2.52. The van der Waals surface area contributed by atoms with E-state index in [0.717, 1.165) is 11.5 Å². The van der Waals surface area contributed by atoms with Gasteiger partial charge in [-0.2, -0.15) is 0 Å². The first-order chi connectivity index (χ1) is 8.36. The third-order valence-corrected chi connectivity index (χ3v) is 2.93. The van der Waals surface area contributed by atoms with Crippen LogP contribution in [-0.2, 0) is 4.74 Å². The lowest BCUT2D eigenvalue weighted by Crippen LogP contribution is -1.93. The molecule has 0 radical (unpaired) electrons. The number of benzene rings is 1. The molecule has 88 valence electrons. The van der Waals surface area contributed by atoms with Crippen LogP contribution >= 0.6 is 0 Å². The fourth-order valence-electron chi connectivity index (χ4n) is 1.67. The Morgan fingerprint density at radius 1 is 1.35 bits per heavy atom. The topological polar surface area (TPSA) is 9.23 Å². The summed E-state index contributed by atoms with van der Waals surface area (Å²) in [5, 5.41) is 0. The van der Waals surface area contributed by atoms with E-state index in [9.17, 15) is 0 Å². The highest BCUT2D eigenvalue weighted by Crippen LogP contribution is 2.35. The fourth-order valence-corrected chi connectivity index (χ4v) is 1.67. The zero-order chi connectivity index (χ0) is 11.9. The largest absolute Gasteiger partial charge is 0.365 e. The summed E-state index contributed by atoms with van der Waals surface area (Å²) >= 11 is 0. The third kappa shape index (κ3) is 4.46. The van der Waals surface area contributed by atoms with Gasteiger partial charge in [0, 0.05) is 5.56 Å². The highest BCUT2D eigenvalue weighted by Gasteiger charge is 2.22. The molecule has 1 aliphatic carbocycles. The Morgan fingerprint density at radius 3 is 2.82 bits per heavy atom. The second kappa shape index (κ2) is 6.27. The lowest BCUT2D eigenvalue weighted by Gasteiger charge is -1.97. The van der Waals surface area contributed by atoms with Gasteiger partial charge in [-0.1, -0.05) is 41.7 Å². The minimum absolute atomic E-state index is 0.503. The zero-order valence-corrected chi connectivity index (χ0v) is 10.3. The van der Waals surface area contributed by atoms with Crippen molar-refractivity contribution in [3.8, 4) is 11.8 Å². The van der Waals surface area contributed by atoms with E-state index < -0.39 is 0 Å². The molecule has 1 fully saturated rings. The molecule has 0 spiro atoms. The van der Waals surface area contributed by atoms with Crippen molar-refractivity contribution < 1.29 is 4.74 Å². The number of hydrogen-bond donors (Lipinski definition) is 0. The highest BCUT2D eigenvalue weighted by atomic mass is 16.5. The standard InChI is InChI=1S/C16H18O/c1-14(16-9-10-16)11-13-17-12-5-8-15-6-3-2-4-7-15/h2-4,6-7,11,16H,9-10,12-13H2,1H3/b14-11-. The van der Waals surface area contributed by atoms with Crippen LogP contribution in [-0.4, -0.2) is 13.2 Å². The van der Waals surface area contributed by atoms with E-state index in [1.54, 1.807) is 0 Å². The van der Waals surface area contributed by atoms with Gasteiger partial charge < -0.3 is 4.74 Å². The molecule has 1 heteroatoms. The Morgan fingerprint density at radius 2 is 2.12 bits per heavy atom. The Hall–Kier alpha value is -1.52. The van der Waals surface area contributed by atoms with Gasteiger partial charge in [0.05, 0.1) is 6.61 Å². The van der Waals surface area contributed by atoms with Gasteiger partial charge in [-0.15, -0.1) is 0 Å². The van der Waals surface area contributed by atoms with Crippen molar-refractivity contribution in [2.24, 2.45) is 5.92 Å². The SMILES string of the molecule is C/C(=C/COCC#Cc1ccccc1)C1CC1. The average molecular weight is 226 g/mol. The first-order valence-corrected chi connectivity index (χ1v) is 6.14. The van der Waals surface area contributed by atoms with Gasteiger partial charge in [-0.25, -0.2) is 0 Å². The number of allylic oxidation sites excluding steroid dienone is 1. The Bertz CT molecular complexity index is 430. The van der Waals surface area contributed by atoms with E-state index in [-0.39, 0.29) is 0 Å². The van der Waals surface area contributed by atoms with E-state index in [1.165, 1.54) is 18.4 Å². The van der Waals surface area contributed by atoms with Gasteiger partial charge in [-0.3, -0.25) is 0 Å². The van der Waals surface area contributed by atoms with Crippen molar-refractivity contribution in [2.45, 2.75) is 19.8 Å². The first-order valence-electron chi connectivity index (χ1n) is 6.14. The normalized spacial score (nSPS) is 15.2. The van der Waals surface area contributed by atoms with Gasteiger partial charge in [-0.05, 0) is 37.8 Å². The summed E-state index contributed by atoms with van der Waals surface area (Å²) in [6, 6.07) is 9.99. The summed E-state index contributed by atoms with van der Waals surface area (Å²) in [4.78, 5) is 0. The molecule has 2 rings (SSSR count). The van der Waals surface area contributed by atoms with E-state index in [1.807, 2.05) is 30.3 Å². The van der Waals surface area contributed by atoms with Crippen molar-refractivity contribution in [3.05, 3.63) is 47.5 Å². The molecule has 1 aromatic carbocycles. The van der Waals surface area contributed by atoms with Crippen LogP contribution in [0.15, 0.2) is 42.0 Å². The molecular weight excluding hydrogens is 208 g/mol. The van der Waals surface area contributed by atoms with Crippen LogP contribution in [0.2, 0.25) is 0 Å². The quantitative estimate of drug-likeness (QED) is 0.434. The molecule has 0 saturated heterocycles. The summed E-state index contributed by atoms with van der Waals surface area (Å²) in [6.45, 7) is 3.38. The molecular formula is C16H18O. The number of hydrogen-bond acceptors (Lipinski definition) is 1. The minimum Gasteiger partial charge on any atom is -0.365 e. The van der Waals surface area contributed by atoms with Crippen LogP contribution in [0, 0.1) is 17.8 Å². The highest BCUT2D eigenvalue weighted by molar-refractivity contribution is 5.33. The van der Waals surface area contributed by atoms with Crippen LogP contribution in [0.3, 0.4) is 0 Å². The first kappa shape index (κ1) is 12.0. The molecule has 1 aliphatic rings. The molecule has 0 heterocycles. The van der Waals surface area contributed by atoms with Crippen LogP contribution in [0.5, 0.6) is 0 Å². The maximum atomic E-state index is 5.45. The molecule has 1 nitrogen and oxygen atoms in total. The van der Waals surface area contributed by atoms with Gasteiger partial charge in [0.25, 0.3) is 0 Å². The predicted molar refractivity (Wildman–Crippen MR) is 70.6 cm³/mol. The number of ether oxygens (including phenoxy) is 1. The Labute approximate surface area is 103 Å². The fraction of sp³-hybridized carbons (Fsp3) is 0.375. The Kier molecular flexibility index (Phi) is 4.41. The molecule has 1 aromatic rings.